The van der Waals surface area contributed by atoms with Gasteiger partial charge in [0.05, 0.1) is 12.2 Å². The van der Waals surface area contributed by atoms with E-state index in [1.807, 2.05) is 48.0 Å². The van der Waals surface area contributed by atoms with E-state index in [9.17, 15) is 0 Å². The van der Waals surface area contributed by atoms with Crippen molar-refractivity contribution in [3.63, 3.8) is 0 Å². The van der Waals surface area contributed by atoms with Gasteiger partial charge < -0.3 is 9.84 Å². The first-order valence-electron chi connectivity index (χ1n) is 7.60. The fraction of sp³-hybridized carbons (Fsp3) is 0.211. The summed E-state index contributed by atoms with van der Waals surface area (Å²) < 4.78 is 7.71. The van der Waals surface area contributed by atoms with Crippen molar-refractivity contribution in [1.29, 1.82) is 0 Å². The summed E-state index contributed by atoms with van der Waals surface area (Å²) in [6, 6.07) is 14.0. The molecule has 0 aliphatic heterocycles. The molecule has 0 atom stereocenters. The molecule has 1 aromatic heterocycles. The third kappa shape index (κ3) is 3.63. The minimum absolute atomic E-state index is 0.142. The number of fused-ring (bicyclic) bond motifs is 1. The van der Waals surface area contributed by atoms with Crippen molar-refractivity contribution >= 4 is 22.4 Å². The standard InChI is InChI=1S/C19H19ClNO2/c1-21-12-15-11-17(23-10-2-9-22)7-8-18(15)19(13-21)14-3-5-16(20)6-4-14/h3-8,11-13,22H,2,9-10H2,1H3/q+1. The van der Waals surface area contributed by atoms with Gasteiger partial charge in [0.25, 0.3) is 0 Å². The van der Waals surface area contributed by atoms with E-state index < -0.39 is 0 Å². The topological polar surface area (TPSA) is 33.3 Å². The van der Waals surface area contributed by atoms with Crippen LogP contribution in [-0.4, -0.2) is 18.3 Å². The van der Waals surface area contributed by atoms with E-state index in [4.69, 9.17) is 21.4 Å². The average molecular weight is 329 g/mol. The SMILES string of the molecule is C[n+]1cc(-c2ccc(Cl)cc2)c2ccc(OCCCO)cc2c1. The van der Waals surface area contributed by atoms with Crippen molar-refractivity contribution in [2.45, 2.75) is 6.42 Å². The Balaban J connectivity index is 2.03. The highest BCUT2D eigenvalue weighted by Crippen LogP contribution is 2.30. The summed E-state index contributed by atoms with van der Waals surface area (Å²) in [5.74, 6) is 0.819. The molecule has 23 heavy (non-hydrogen) atoms. The minimum atomic E-state index is 0.142. The van der Waals surface area contributed by atoms with E-state index in [0.717, 1.165) is 27.3 Å². The van der Waals surface area contributed by atoms with Crippen LogP contribution in [0, 0.1) is 0 Å². The maximum absolute atomic E-state index is 8.84. The maximum atomic E-state index is 8.84. The molecule has 0 unspecified atom stereocenters. The van der Waals surface area contributed by atoms with Gasteiger partial charge >= 0.3 is 0 Å². The molecule has 118 valence electrons. The van der Waals surface area contributed by atoms with Gasteiger partial charge in [-0.3, -0.25) is 0 Å². The zero-order chi connectivity index (χ0) is 16.2. The predicted molar refractivity (Wildman–Crippen MR) is 92.8 cm³/mol. The van der Waals surface area contributed by atoms with Crippen molar-refractivity contribution in [1.82, 2.24) is 0 Å². The van der Waals surface area contributed by atoms with Crippen LogP contribution in [0.25, 0.3) is 21.9 Å². The van der Waals surface area contributed by atoms with Gasteiger partial charge in [-0.15, -0.1) is 0 Å². The summed E-state index contributed by atoms with van der Waals surface area (Å²) in [5.41, 5.74) is 2.29. The molecule has 3 rings (SSSR count). The molecule has 0 spiro atoms. The largest absolute Gasteiger partial charge is 0.493 e. The van der Waals surface area contributed by atoms with Crippen molar-refractivity contribution in [2.24, 2.45) is 7.05 Å². The van der Waals surface area contributed by atoms with E-state index in [0.29, 0.717) is 13.0 Å². The Hall–Kier alpha value is -2.10. The Kier molecular flexibility index (Phi) is 4.79. The second kappa shape index (κ2) is 6.99. The van der Waals surface area contributed by atoms with Crippen LogP contribution in [0.2, 0.25) is 5.02 Å². The number of aryl methyl sites for hydroxylation is 1. The first kappa shape index (κ1) is 15.8. The van der Waals surface area contributed by atoms with Gasteiger partial charge in [-0.25, -0.2) is 4.57 Å². The minimum Gasteiger partial charge on any atom is -0.493 e. The summed E-state index contributed by atoms with van der Waals surface area (Å²) in [4.78, 5) is 0. The smallest absolute Gasteiger partial charge is 0.177 e. The molecule has 0 bridgehead atoms. The molecular formula is C19H19ClNO2+. The second-order valence-corrected chi connectivity index (χ2v) is 5.96. The summed E-state index contributed by atoms with van der Waals surface area (Å²) in [6.07, 6.45) is 4.82. The summed E-state index contributed by atoms with van der Waals surface area (Å²) in [7, 11) is 2.01. The molecule has 3 aromatic rings. The number of hydrogen-bond donors (Lipinski definition) is 1. The van der Waals surface area contributed by atoms with E-state index in [2.05, 4.69) is 18.5 Å². The van der Waals surface area contributed by atoms with E-state index >= 15 is 0 Å². The van der Waals surface area contributed by atoms with Crippen molar-refractivity contribution < 1.29 is 14.4 Å². The van der Waals surface area contributed by atoms with Crippen LogP contribution >= 0.6 is 11.6 Å². The number of aromatic nitrogens is 1. The Morgan fingerprint density at radius 3 is 2.61 bits per heavy atom. The Morgan fingerprint density at radius 2 is 1.87 bits per heavy atom. The van der Waals surface area contributed by atoms with Gasteiger partial charge in [-0.2, -0.15) is 0 Å². The van der Waals surface area contributed by atoms with Gasteiger partial charge in [-0.1, -0.05) is 23.7 Å². The summed E-state index contributed by atoms with van der Waals surface area (Å²) in [5, 5.41) is 11.9. The number of ether oxygens (including phenoxy) is 1. The monoisotopic (exact) mass is 328 g/mol. The highest BCUT2D eigenvalue weighted by Gasteiger charge is 2.11. The number of nitrogens with zero attached hydrogens (tertiary/aromatic N) is 1. The Bertz CT molecular complexity index is 815. The molecule has 0 saturated heterocycles. The van der Waals surface area contributed by atoms with Crippen LogP contribution in [0.3, 0.4) is 0 Å². The molecule has 0 fully saturated rings. The lowest BCUT2D eigenvalue weighted by atomic mass is 10.0. The number of pyridine rings is 1. The number of rotatable bonds is 5. The second-order valence-electron chi connectivity index (χ2n) is 5.52. The van der Waals surface area contributed by atoms with Crippen LogP contribution in [0.15, 0.2) is 54.9 Å². The molecule has 1 heterocycles. The third-order valence-corrected chi connectivity index (χ3v) is 3.97. The maximum Gasteiger partial charge on any atom is 0.177 e. The van der Waals surface area contributed by atoms with Crippen LogP contribution in [0.4, 0.5) is 0 Å². The van der Waals surface area contributed by atoms with Gasteiger partial charge in [0.2, 0.25) is 0 Å². The first-order chi connectivity index (χ1) is 11.2. The summed E-state index contributed by atoms with van der Waals surface area (Å²) >= 11 is 5.99. The molecule has 0 radical (unpaired) electrons. The first-order valence-corrected chi connectivity index (χ1v) is 7.98. The zero-order valence-electron chi connectivity index (χ0n) is 13.0. The molecule has 4 heteroatoms. The van der Waals surface area contributed by atoms with E-state index in [1.54, 1.807) is 0 Å². The van der Waals surface area contributed by atoms with Crippen LogP contribution in [0.1, 0.15) is 6.42 Å². The van der Waals surface area contributed by atoms with Crippen molar-refractivity contribution in [3.8, 4) is 16.9 Å². The molecule has 2 aromatic carbocycles. The Labute approximate surface area is 140 Å². The predicted octanol–water partition coefficient (Wildman–Crippen LogP) is 3.75. The molecule has 0 aliphatic carbocycles. The van der Waals surface area contributed by atoms with Gasteiger partial charge in [0.1, 0.15) is 12.8 Å². The number of aliphatic hydroxyl groups excluding tert-OH is 1. The van der Waals surface area contributed by atoms with Gasteiger partial charge in [0.15, 0.2) is 12.4 Å². The van der Waals surface area contributed by atoms with E-state index in [1.165, 1.54) is 5.39 Å². The van der Waals surface area contributed by atoms with Gasteiger partial charge in [0, 0.05) is 28.8 Å². The molecule has 3 nitrogen and oxygen atoms in total. The number of benzene rings is 2. The van der Waals surface area contributed by atoms with Crippen LogP contribution < -0.4 is 9.30 Å². The highest BCUT2D eigenvalue weighted by molar-refractivity contribution is 6.30. The lowest BCUT2D eigenvalue weighted by Gasteiger charge is -2.09. The molecule has 0 saturated carbocycles. The van der Waals surface area contributed by atoms with Crippen LogP contribution in [0.5, 0.6) is 5.75 Å². The molecule has 0 amide bonds. The normalized spacial score (nSPS) is 10.9. The van der Waals surface area contributed by atoms with Gasteiger partial charge in [-0.05, 0) is 35.9 Å². The number of halogens is 1. The number of hydrogen-bond acceptors (Lipinski definition) is 2. The quantitative estimate of drug-likeness (QED) is 0.571. The van der Waals surface area contributed by atoms with Crippen molar-refractivity contribution in [2.75, 3.05) is 13.2 Å². The molecular weight excluding hydrogens is 310 g/mol. The molecule has 1 N–H and O–H groups in total. The highest BCUT2D eigenvalue weighted by atomic mass is 35.5. The fourth-order valence-corrected chi connectivity index (χ4v) is 2.75. The summed E-state index contributed by atoms with van der Waals surface area (Å²) in [6.45, 7) is 0.661. The van der Waals surface area contributed by atoms with E-state index in [-0.39, 0.29) is 6.61 Å². The number of aliphatic hydroxyl groups is 1. The fourth-order valence-electron chi connectivity index (χ4n) is 2.63. The zero-order valence-corrected chi connectivity index (χ0v) is 13.8. The Morgan fingerprint density at radius 1 is 1.09 bits per heavy atom. The molecule has 0 aliphatic rings. The lowest BCUT2D eigenvalue weighted by Crippen LogP contribution is -2.26. The average Bonchev–Trinajstić information content (AvgIpc) is 2.55. The van der Waals surface area contributed by atoms with Crippen LogP contribution in [-0.2, 0) is 7.05 Å². The lowest BCUT2D eigenvalue weighted by molar-refractivity contribution is -0.669. The third-order valence-electron chi connectivity index (χ3n) is 3.72. The van der Waals surface area contributed by atoms with Crippen molar-refractivity contribution in [3.05, 3.63) is 59.9 Å².